The van der Waals surface area contributed by atoms with E-state index in [4.69, 9.17) is 0 Å². The summed E-state index contributed by atoms with van der Waals surface area (Å²) in [5.41, 5.74) is 10.3. The molecule has 0 aliphatic carbocycles. The Bertz CT molecular complexity index is 2430. The Morgan fingerprint density at radius 2 is 0.733 bits per heavy atom. The summed E-state index contributed by atoms with van der Waals surface area (Å²) in [6.45, 7) is 6.69. The van der Waals surface area contributed by atoms with E-state index >= 15 is 0 Å². The summed E-state index contributed by atoms with van der Waals surface area (Å²) in [5, 5.41) is 5.09. The number of anilines is 4. The number of benzene rings is 7. The van der Waals surface area contributed by atoms with E-state index in [0.29, 0.717) is 0 Å². The van der Waals surface area contributed by atoms with Crippen molar-refractivity contribution >= 4 is 92.1 Å². The molecule has 0 bridgehead atoms. The monoisotopic (exact) mass is 820 g/mol. The third-order valence-electron chi connectivity index (χ3n) is 12.2. The fraction of sp³-hybridized carbons (Fsp3) is 0.250. The van der Waals surface area contributed by atoms with Crippen LogP contribution in [0.1, 0.15) is 100 Å². The molecule has 0 saturated heterocycles. The van der Waals surface area contributed by atoms with Gasteiger partial charge in [-0.3, -0.25) is 0 Å². The molecule has 7 aromatic carbocycles. The molecule has 0 unspecified atom stereocenters. The first-order valence-electron chi connectivity index (χ1n) is 22.4. The SMILES string of the molecule is CCCCCCCN1c2ccccc2Sc2cc(/C=C/c3c4ccccc4c(/C=C/c4ccc5c(c4)Sc4ccccc4N5CCCCCCC)c4ccccc34)ccc21. The molecule has 0 aromatic heterocycles. The van der Waals surface area contributed by atoms with Crippen molar-refractivity contribution in [2.75, 3.05) is 22.9 Å². The third-order valence-corrected chi connectivity index (χ3v) is 14.4. The Balaban J connectivity index is 1.01. The molecule has 9 rings (SSSR count). The van der Waals surface area contributed by atoms with Crippen LogP contribution >= 0.6 is 23.5 Å². The smallest absolute Gasteiger partial charge is 0.0553 e. The van der Waals surface area contributed by atoms with Crippen LogP contribution in [0, 0.1) is 0 Å². The lowest BCUT2D eigenvalue weighted by atomic mass is 9.91. The Labute approximate surface area is 366 Å². The van der Waals surface area contributed by atoms with Crippen LogP contribution < -0.4 is 9.80 Å². The van der Waals surface area contributed by atoms with Gasteiger partial charge < -0.3 is 9.80 Å². The predicted molar refractivity (Wildman–Crippen MR) is 265 cm³/mol. The predicted octanol–water partition coefficient (Wildman–Crippen LogP) is 17.5. The maximum Gasteiger partial charge on any atom is 0.0553 e. The lowest BCUT2D eigenvalue weighted by Crippen LogP contribution is -2.22. The molecule has 2 aliphatic heterocycles. The zero-order chi connectivity index (χ0) is 40.7. The molecule has 60 heavy (non-hydrogen) atoms. The molecule has 0 radical (unpaired) electrons. The zero-order valence-electron chi connectivity index (χ0n) is 35.2. The van der Waals surface area contributed by atoms with Crippen molar-refractivity contribution in [2.45, 2.75) is 97.6 Å². The van der Waals surface area contributed by atoms with Crippen LogP contribution in [0.4, 0.5) is 22.7 Å². The molecule has 0 spiro atoms. The second kappa shape index (κ2) is 19.0. The molecule has 302 valence electrons. The van der Waals surface area contributed by atoms with Crippen LogP contribution in [0.15, 0.2) is 153 Å². The van der Waals surface area contributed by atoms with Crippen LogP contribution in [0.2, 0.25) is 0 Å². The quantitative estimate of drug-likeness (QED) is 0.0544. The van der Waals surface area contributed by atoms with E-state index in [-0.39, 0.29) is 0 Å². The Kier molecular flexibility index (Phi) is 12.8. The van der Waals surface area contributed by atoms with Crippen molar-refractivity contribution in [2.24, 2.45) is 0 Å². The van der Waals surface area contributed by atoms with Crippen molar-refractivity contribution in [1.29, 1.82) is 0 Å². The van der Waals surface area contributed by atoms with E-state index in [9.17, 15) is 0 Å². The van der Waals surface area contributed by atoms with Crippen molar-refractivity contribution < 1.29 is 0 Å². The van der Waals surface area contributed by atoms with Crippen LogP contribution in [-0.4, -0.2) is 13.1 Å². The van der Waals surface area contributed by atoms with E-state index in [0.717, 1.165) is 13.1 Å². The number of hydrogen-bond donors (Lipinski definition) is 0. The highest BCUT2D eigenvalue weighted by atomic mass is 32.2. The minimum absolute atomic E-state index is 1.06. The molecule has 0 atom stereocenters. The van der Waals surface area contributed by atoms with Gasteiger partial charge in [-0.25, -0.2) is 0 Å². The molecule has 2 aliphatic rings. The number of para-hydroxylation sites is 2. The van der Waals surface area contributed by atoms with Gasteiger partial charge in [-0.05, 0) is 105 Å². The van der Waals surface area contributed by atoms with Gasteiger partial charge in [0.15, 0.2) is 0 Å². The first kappa shape index (κ1) is 40.3. The third kappa shape index (κ3) is 8.55. The van der Waals surface area contributed by atoms with Gasteiger partial charge in [-0.15, -0.1) is 0 Å². The Hall–Kier alpha value is -5.16. The fourth-order valence-corrected chi connectivity index (χ4v) is 11.3. The molecule has 0 N–H and O–H groups in total. The van der Waals surface area contributed by atoms with E-state index in [1.54, 1.807) is 0 Å². The van der Waals surface area contributed by atoms with Gasteiger partial charge in [0, 0.05) is 32.7 Å². The summed E-state index contributed by atoms with van der Waals surface area (Å²) in [7, 11) is 0. The lowest BCUT2D eigenvalue weighted by Gasteiger charge is -2.33. The second-order valence-corrected chi connectivity index (χ2v) is 18.5. The van der Waals surface area contributed by atoms with Crippen LogP contribution in [0.5, 0.6) is 0 Å². The summed E-state index contributed by atoms with van der Waals surface area (Å²) in [4.78, 5) is 10.5. The van der Waals surface area contributed by atoms with Crippen LogP contribution in [-0.2, 0) is 0 Å². The minimum Gasteiger partial charge on any atom is -0.340 e. The summed E-state index contributed by atoms with van der Waals surface area (Å²) < 4.78 is 0. The highest BCUT2D eigenvalue weighted by Crippen LogP contribution is 2.50. The van der Waals surface area contributed by atoms with Crippen molar-refractivity contribution in [3.63, 3.8) is 0 Å². The van der Waals surface area contributed by atoms with Gasteiger partial charge >= 0.3 is 0 Å². The number of nitrogens with zero attached hydrogens (tertiary/aromatic N) is 2. The molecule has 0 fully saturated rings. The summed E-state index contributed by atoms with van der Waals surface area (Å²) in [5.74, 6) is 0. The normalized spacial score (nSPS) is 13.3. The topological polar surface area (TPSA) is 6.48 Å². The molecule has 2 heterocycles. The standard InChI is InChI=1S/C56H56N2S2/c1-3-5-7-9-19-37-57-49-25-15-17-27-53(49)59-55-39-41(31-35-51(55)57)29-33-47-43-21-11-13-23-45(43)48(46-24-14-12-22-44(46)47)34-30-42-32-36-52-56(40-42)60-54-28-18-16-26-50(54)58(52)38-20-10-8-6-4-2/h11-18,21-36,39-40H,3-10,19-20,37-38H2,1-2H3/b33-29+,34-30+. The van der Waals surface area contributed by atoms with Crippen LogP contribution in [0.3, 0.4) is 0 Å². The largest absolute Gasteiger partial charge is 0.340 e. The summed E-state index contributed by atoms with van der Waals surface area (Å²) in [6.07, 6.45) is 22.2. The average Bonchev–Trinajstić information content (AvgIpc) is 3.29. The van der Waals surface area contributed by atoms with E-state index < -0.39 is 0 Å². The van der Waals surface area contributed by atoms with E-state index in [1.165, 1.54) is 150 Å². The molecule has 7 aromatic rings. The molecular weight excluding hydrogens is 765 g/mol. The van der Waals surface area contributed by atoms with Crippen molar-refractivity contribution in [3.8, 4) is 0 Å². The van der Waals surface area contributed by atoms with Gasteiger partial charge in [0.05, 0.1) is 22.7 Å². The highest BCUT2D eigenvalue weighted by Gasteiger charge is 2.24. The van der Waals surface area contributed by atoms with Crippen molar-refractivity contribution in [1.82, 2.24) is 0 Å². The molecular formula is C56H56N2S2. The summed E-state index contributed by atoms with van der Waals surface area (Å²) >= 11 is 3.81. The first-order valence-corrected chi connectivity index (χ1v) is 24.0. The average molecular weight is 821 g/mol. The van der Waals surface area contributed by atoms with Crippen LogP contribution in [0.25, 0.3) is 45.8 Å². The first-order chi connectivity index (χ1) is 29.7. The van der Waals surface area contributed by atoms with Gasteiger partial charge in [0.2, 0.25) is 0 Å². The molecule has 0 saturated carbocycles. The maximum atomic E-state index is 2.56. The Morgan fingerprint density at radius 1 is 0.367 bits per heavy atom. The minimum atomic E-state index is 1.06. The Morgan fingerprint density at radius 3 is 1.15 bits per heavy atom. The summed E-state index contributed by atoms with van der Waals surface area (Å²) in [6, 6.07) is 49.8. The lowest BCUT2D eigenvalue weighted by molar-refractivity contribution is 0.632. The molecule has 0 amide bonds. The second-order valence-electron chi connectivity index (χ2n) is 16.3. The van der Waals surface area contributed by atoms with Gasteiger partial charge in [0.25, 0.3) is 0 Å². The number of unbranched alkanes of at least 4 members (excludes halogenated alkanes) is 8. The van der Waals surface area contributed by atoms with E-state index in [2.05, 4.69) is 181 Å². The van der Waals surface area contributed by atoms with Gasteiger partial charge in [0.1, 0.15) is 0 Å². The number of rotatable bonds is 16. The maximum absolute atomic E-state index is 2.56. The zero-order valence-corrected chi connectivity index (χ0v) is 36.8. The number of fused-ring (bicyclic) bond motifs is 6. The van der Waals surface area contributed by atoms with Gasteiger partial charge in [-0.1, -0.05) is 198 Å². The fourth-order valence-electron chi connectivity index (χ4n) is 9.05. The molecule has 4 heteroatoms. The number of hydrogen-bond acceptors (Lipinski definition) is 4. The van der Waals surface area contributed by atoms with E-state index in [1.807, 2.05) is 23.5 Å². The molecule has 2 nitrogen and oxygen atoms in total. The van der Waals surface area contributed by atoms with Gasteiger partial charge in [-0.2, -0.15) is 0 Å². The van der Waals surface area contributed by atoms with Crippen molar-refractivity contribution in [3.05, 3.63) is 156 Å². The highest BCUT2D eigenvalue weighted by molar-refractivity contribution is 8.00.